The Kier molecular flexibility index (Phi) is 2.09. The minimum atomic E-state index is -1.22. The molecule has 4 heteroatoms. The summed E-state index contributed by atoms with van der Waals surface area (Å²) < 4.78 is 0. The number of aldehydes is 1. The molecule has 0 fully saturated rings. The Morgan fingerprint density at radius 3 is 2.50 bits per heavy atom. The third-order valence-electron chi connectivity index (χ3n) is 1.39. The second-order valence-corrected chi connectivity index (χ2v) is 2.20. The van der Waals surface area contributed by atoms with Gasteiger partial charge in [-0.3, -0.25) is 4.79 Å². The van der Waals surface area contributed by atoms with Gasteiger partial charge in [0.05, 0.1) is 0 Å². The van der Waals surface area contributed by atoms with Crippen molar-refractivity contribution < 1.29 is 19.8 Å². The molecule has 0 aliphatic carbocycles. The average Bonchev–Trinajstić information content (AvgIpc) is 2.03. The van der Waals surface area contributed by atoms with Gasteiger partial charge in [-0.05, 0) is 12.1 Å². The molecule has 0 saturated carbocycles. The van der Waals surface area contributed by atoms with Gasteiger partial charge in [-0.1, -0.05) is 6.07 Å². The van der Waals surface area contributed by atoms with Crippen molar-refractivity contribution in [2.75, 3.05) is 0 Å². The number of carboxylic acid groups (broad SMARTS) is 1. The summed E-state index contributed by atoms with van der Waals surface area (Å²) in [5, 5.41) is 17.5. The highest BCUT2D eigenvalue weighted by molar-refractivity contribution is 5.92. The van der Waals surface area contributed by atoms with E-state index in [9.17, 15) is 9.59 Å². The monoisotopic (exact) mass is 166 g/mol. The van der Waals surface area contributed by atoms with E-state index < -0.39 is 11.7 Å². The van der Waals surface area contributed by atoms with Gasteiger partial charge >= 0.3 is 5.97 Å². The first kappa shape index (κ1) is 8.26. The van der Waals surface area contributed by atoms with Crippen LogP contribution < -0.4 is 0 Å². The second kappa shape index (κ2) is 3.04. The fourth-order valence-corrected chi connectivity index (χ4v) is 0.803. The minimum absolute atomic E-state index is 0.208. The number of carbonyl (C=O) groups excluding carboxylic acids is 1. The van der Waals surface area contributed by atoms with Crippen LogP contribution in [0.5, 0.6) is 5.75 Å². The van der Waals surface area contributed by atoms with E-state index in [2.05, 4.69) is 0 Å². The number of phenols is 1. The Labute approximate surface area is 68.1 Å². The fraction of sp³-hybridized carbons (Fsp3) is 0. The Bertz CT molecular complexity index is 330. The Hall–Kier alpha value is -1.84. The molecule has 0 heterocycles. The molecular formula is C8H6O4. The van der Waals surface area contributed by atoms with Gasteiger partial charge in [-0.15, -0.1) is 0 Å². The van der Waals surface area contributed by atoms with Crippen LogP contribution in [-0.2, 0) is 0 Å². The number of carboxylic acids is 1. The Morgan fingerprint density at radius 1 is 1.42 bits per heavy atom. The van der Waals surface area contributed by atoms with Crippen LogP contribution in [0.3, 0.4) is 0 Å². The van der Waals surface area contributed by atoms with E-state index in [0.29, 0.717) is 6.29 Å². The van der Waals surface area contributed by atoms with Crippen molar-refractivity contribution in [3.05, 3.63) is 29.3 Å². The van der Waals surface area contributed by atoms with Gasteiger partial charge < -0.3 is 10.2 Å². The van der Waals surface area contributed by atoms with Crippen LogP contribution in [0, 0.1) is 0 Å². The number of carbonyl (C=O) groups is 2. The maximum Gasteiger partial charge on any atom is 0.339 e. The molecule has 1 aromatic carbocycles. The summed E-state index contributed by atoms with van der Waals surface area (Å²) in [5.74, 6) is -1.61. The van der Waals surface area contributed by atoms with Crippen molar-refractivity contribution in [1.82, 2.24) is 0 Å². The first-order valence-electron chi connectivity index (χ1n) is 3.16. The molecule has 0 aromatic heterocycles. The number of benzene rings is 1. The molecule has 2 N–H and O–H groups in total. The SMILES string of the molecule is O=Cc1ccc(C(=O)O)c(O)c1. The van der Waals surface area contributed by atoms with Crippen LogP contribution in [0.1, 0.15) is 20.7 Å². The molecule has 62 valence electrons. The van der Waals surface area contributed by atoms with E-state index in [-0.39, 0.29) is 11.1 Å². The number of aromatic hydroxyl groups is 1. The highest BCUT2D eigenvalue weighted by Gasteiger charge is 2.08. The molecule has 0 bridgehead atoms. The summed E-state index contributed by atoms with van der Waals surface area (Å²) in [4.78, 5) is 20.6. The molecule has 0 aliphatic heterocycles. The van der Waals surface area contributed by atoms with Gasteiger partial charge in [-0.25, -0.2) is 4.79 Å². The summed E-state index contributed by atoms with van der Waals surface area (Å²) in [6.07, 6.45) is 0.533. The topological polar surface area (TPSA) is 74.6 Å². The fourth-order valence-electron chi connectivity index (χ4n) is 0.803. The summed E-state index contributed by atoms with van der Waals surface area (Å²) in [6.45, 7) is 0. The van der Waals surface area contributed by atoms with Gasteiger partial charge in [0.1, 0.15) is 17.6 Å². The molecule has 0 saturated heterocycles. The lowest BCUT2D eigenvalue weighted by Crippen LogP contribution is -1.96. The summed E-state index contributed by atoms with van der Waals surface area (Å²) in [5.41, 5.74) is 0.0399. The van der Waals surface area contributed by atoms with Crippen LogP contribution in [0.2, 0.25) is 0 Å². The second-order valence-electron chi connectivity index (χ2n) is 2.20. The minimum Gasteiger partial charge on any atom is -0.507 e. The molecule has 1 rings (SSSR count). The summed E-state index contributed by atoms with van der Waals surface area (Å²) >= 11 is 0. The first-order valence-corrected chi connectivity index (χ1v) is 3.16. The van der Waals surface area contributed by atoms with E-state index in [4.69, 9.17) is 10.2 Å². The highest BCUT2D eigenvalue weighted by Crippen LogP contribution is 2.17. The van der Waals surface area contributed by atoms with E-state index in [0.717, 1.165) is 6.07 Å². The van der Waals surface area contributed by atoms with Crippen molar-refractivity contribution in [3.8, 4) is 5.75 Å². The third-order valence-corrected chi connectivity index (χ3v) is 1.39. The number of hydrogen-bond acceptors (Lipinski definition) is 3. The normalized spacial score (nSPS) is 9.33. The van der Waals surface area contributed by atoms with Crippen LogP contribution in [-0.4, -0.2) is 22.5 Å². The average molecular weight is 166 g/mol. The predicted octanol–water partition coefficient (Wildman–Crippen LogP) is 0.903. The maximum absolute atomic E-state index is 10.4. The van der Waals surface area contributed by atoms with Crippen molar-refractivity contribution in [2.24, 2.45) is 0 Å². The quantitative estimate of drug-likeness (QED) is 0.640. The zero-order valence-electron chi connectivity index (χ0n) is 6.02. The largest absolute Gasteiger partial charge is 0.507 e. The van der Waals surface area contributed by atoms with Crippen LogP contribution >= 0.6 is 0 Å². The maximum atomic E-state index is 10.4. The van der Waals surface area contributed by atoms with Crippen molar-refractivity contribution in [3.63, 3.8) is 0 Å². The van der Waals surface area contributed by atoms with Crippen molar-refractivity contribution >= 4 is 12.3 Å². The third kappa shape index (κ3) is 1.42. The lowest BCUT2D eigenvalue weighted by Gasteiger charge is -1.98. The lowest BCUT2D eigenvalue weighted by molar-refractivity contribution is 0.0693. The van der Waals surface area contributed by atoms with Gasteiger partial charge in [0.25, 0.3) is 0 Å². The number of hydrogen-bond donors (Lipinski definition) is 2. The number of aromatic carboxylic acids is 1. The molecule has 0 amide bonds. The van der Waals surface area contributed by atoms with Gasteiger partial charge in [0.2, 0.25) is 0 Å². The van der Waals surface area contributed by atoms with Gasteiger partial charge in [0.15, 0.2) is 0 Å². The summed E-state index contributed by atoms with van der Waals surface area (Å²) in [6, 6.07) is 3.62. The van der Waals surface area contributed by atoms with Crippen molar-refractivity contribution in [1.29, 1.82) is 0 Å². The molecule has 12 heavy (non-hydrogen) atoms. The zero-order valence-corrected chi connectivity index (χ0v) is 6.02. The standard InChI is InChI=1S/C8H6O4/c9-4-5-1-2-6(8(11)12)7(10)3-5/h1-4,10H,(H,11,12). The van der Waals surface area contributed by atoms with Gasteiger partial charge in [-0.2, -0.15) is 0 Å². The molecule has 0 aliphatic rings. The van der Waals surface area contributed by atoms with Crippen LogP contribution in [0.25, 0.3) is 0 Å². The van der Waals surface area contributed by atoms with E-state index in [1.165, 1.54) is 12.1 Å². The molecule has 4 nitrogen and oxygen atoms in total. The molecule has 0 atom stereocenters. The van der Waals surface area contributed by atoms with E-state index >= 15 is 0 Å². The van der Waals surface area contributed by atoms with Gasteiger partial charge in [0, 0.05) is 5.56 Å². The van der Waals surface area contributed by atoms with Crippen molar-refractivity contribution in [2.45, 2.75) is 0 Å². The molecule has 0 spiro atoms. The zero-order chi connectivity index (χ0) is 9.14. The molecule has 0 unspecified atom stereocenters. The lowest BCUT2D eigenvalue weighted by atomic mass is 10.1. The molecule has 0 radical (unpaired) electrons. The smallest absolute Gasteiger partial charge is 0.339 e. The Balaban J connectivity index is 3.20. The molecule has 1 aromatic rings. The van der Waals surface area contributed by atoms with E-state index in [1.807, 2.05) is 0 Å². The predicted molar refractivity (Wildman–Crippen MR) is 40.5 cm³/mol. The van der Waals surface area contributed by atoms with Crippen LogP contribution in [0.4, 0.5) is 0 Å². The molecular weight excluding hydrogens is 160 g/mol. The van der Waals surface area contributed by atoms with Crippen LogP contribution in [0.15, 0.2) is 18.2 Å². The number of rotatable bonds is 2. The highest BCUT2D eigenvalue weighted by atomic mass is 16.4. The van der Waals surface area contributed by atoms with E-state index in [1.54, 1.807) is 0 Å². The first-order chi connectivity index (χ1) is 5.65. The summed E-state index contributed by atoms with van der Waals surface area (Å²) in [7, 11) is 0. The Morgan fingerprint density at radius 2 is 2.08 bits per heavy atom.